The number of nitrogens with one attached hydrogen (secondary N) is 1. The van der Waals surface area contributed by atoms with E-state index < -0.39 is 0 Å². The Morgan fingerprint density at radius 2 is 1.95 bits per heavy atom. The van der Waals surface area contributed by atoms with Crippen molar-refractivity contribution in [1.29, 1.82) is 0 Å². The van der Waals surface area contributed by atoms with E-state index in [4.69, 9.17) is 4.74 Å². The van der Waals surface area contributed by atoms with Gasteiger partial charge in [-0.1, -0.05) is 33.6 Å². The Hall–Kier alpha value is -0.0800. The molecule has 0 amide bonds. The van der Waals surface area contributed by atoms with Crippen molar-refractivity contribution in [1.82, 2.24) is 5.32 Å². The van der Waals surface area contributed by atoms with E-state index in [9.17, 15) is 0 Å². The van der Waals surface area contributed by atoms with Crippen molar-refractivity contribution in [2.45, 2.75) is 90.3 Å². The summed E-state index contributed by atoms with van der Waals surface area (Å²) in [6, 6.07) is 0. The molecule has 2 atom stereocenters. The fourth-order valence-electron chi connectivity index (χ4n) is 3.88. The van der Waals surface area contributed by atoms with E-state index in [-0.39, 0.29) is 0 Å². The summed E-state index contributed by atoms with van der Waals surface area (Å²) < 4.78 is 6.49. The molecule has 2 heteroatoms. The summed E-state index contributed by atoms with van der Waals surface area (Å²) in [5.74, 6) is 0. The van der Waals surface area contributed by atoms with Crippen molar-refractivity contribution in [3.63, 3.8) is 0 Å². The second-order valence-electron chi connectivity index (χ2n) is 7.21. The standard InChI is InChI=1S/C17H33NO/c1-4-12-18-14-16(3,5-2)13-15-8-11-17(19-15)9-6-7-10-17/h15,18H,4-14H2,1-3H3. The Morgan fingerprint density at radius 1 is 1.21 bits per heavy atom. The van der Waals surface area contributed by atoms with Gasteiger partial charge in [0, 0.05) is 6.54 Å². The van der Waals surface area contributed by atoms with E-state index in [0.29, 0.717) is 17.1 Å². The van der Waals surface area contributed by atoms with E-state index in [1.165, 1.54) is 57.8 Å². The zero-order valence-electron chi connectivity index (χ0n) is 13.3. The predicted octanol–water partition coefficient (Wildman–Crippen LogP) is 4.28. The Morgan fingerprint density at radius 3 is 2.58 bits per heavy atom. The van der Waals surface area contributed by atoms with Crippen LogP contribution >= 0.6 is 0 Å². The molecule has 2 fully saturated rings. The lowest BCUT2D eigenvalue weighted by Crippen LogP contribution is -2.35. The van der Waals surface area contributed by atoms with E-state index in [1.807, 2.05) is 0 Å². The van der Waals surface area contributed by atoms with Crippen molar-refractivity contribution in [3.8, 4) is 0 Å². The molecule has 2 nitrogen and oxygen atoms in total. The number of ether oxygens (including phenoxy) is 1. The minimum Gasteiger partial charge on any atom is -0.372 e. The normalized spacial score (nSPS) is 28.9. The molecular formula is C17H33NO. The molecule has 1 spiro atoms. The highest BCUT2D eigenvalue weighted by Crippen LogP contribution is 2.45. The monoisotopic (exact) mass is 267 g/mol. The molecule has 2 unspecified atom stereocenters. The first-order chi connectivity index (χ1) is 9.11. The highest BCUT2D eigenvalue weighted by Gasteiger charge is 2.43. The lowest BCUT2D eigenvalue weighted by atomic mass is 9.81. The van der Waals surface area contributed by atoms with Crippen LogP contribution in [0.15, 0.2) is 0 Å². The van der Waals surface area contributed by atoms with E-state index >= 15 is 0 Å². The third kappa shape index (κ3) is 3.95. The van der Waals surface area contributed by atoms with Crippen LogP contribution in [0.5, 0.6) is 0 Å². The van der Waals surface area contributed by atoms with Gasteiger partial charge in [0.05, 0.1) is 11.7 Å². The first-order valence-corrected chi connectivity index (χ1v) is 8.50. The van der Waals surface area contributed by atoms with Crippen LogP contribution in [-0.2, 0) is 4.74 Å². The average molecular weight is 267 g/mol. The Labute approximate surface area is 119 Å². The maximum atomic E-state index is 6.49. The van der Waals surface area contributed by atoms with Gasteiger partial charge in [-0.25, -0.2) is 0 Å². The summed E-state index contributed by atoms with van der Waals surface area (Å²) in [5, 5.41) is 3.61. The Kier molecular flexibility index (Phi) is 5.30. The topological polar surface area (TPSA) is 21.3 Å². The van der Waals surface area contributed by atoms with Gasteiger partial charge < -0.3 is 10.1 Å². The van der Waals surface area contributed by atoms with Gasteiger partial charge in [-0.15, -0.1) is 0 Å². The molecule has 19 heavy (non-hydrogen) atoms. The Balaban J connectivity index is 1.81. The molecule has 1 N–H and O–H groups in total. The Bertz CT molecular complexity index is 272. The van der Waals surface area contributed by atoms with Crippen molar-refractivity contribution < 1.29 is 4.74 Å². The summed E-state index contributed by atoms with van der Waals surface area (Å²) >= 11 is 0. The van der Waals surface area contributed by atoms with Crippen LogP contribution in [0.25, 0.3) is 0 Å². The van der Waals surface area contributed by atoms with Crippen molar-refractivity contribution in [3.05, 3.63) is 0 Å². The van der Waals surface area contributed by atoms with Crippen molar-refractivity contribution >= 4 is 0 Å². The minimum atomic E-state index is 0.302. The van der Waals surface area contributed by atoms with Crippen molar-refractivity contribution in [2.75, 3.05) is 13.1 Å². The molecule has 2 aliphatic rings. The second-order valence-corrected chi connectivity index (χ2v) is 7.21. The lowest BCUT2D eigenvalue weighted by Gasteiger charge is -2.32. The number of hydrogen-bond acceptors (Lipinski definition) is 2. The summed E-state index contributed by atoms with van der Waals surface area (Å²) in [4.78, 5) is 0. The summed E-state index contributed by atoms with van der Waals surface area (Å²) in [7, 11) is 0. The zero-order valence-corrected chi connectivity index (χ0v) is 13.3. The summed E-state index contributed by atoms with van der Waals surface area (Å²) in [6.45, 7) is 9.28. The van der Waals surface area contributed by atoms with Gasteiger partial charge in [-0.3, -0.25) is 0 Å². The zero-order chi connectivity index (χ0) is 13.8. The first-order valence-electron chi connectivity index (χ1n) is 8.50. The largest absolute Gasteiger partial charge is 0.372 e. The third-order valence-electron chi connectivity index (χ3n) is 5.41. The molecule has 1 aliphatic carbocycles. The van der Waals surface area contributed by atoms with E-state index in [1.54, 1.807) is 0 Å². The van der Waals surface area contributed by atoms with Gasteiger partial charge in [0.15, 0.2) is 0 Å². The second kappa shape index (κ2) is 6.58. The fourth-order valence-corrected chi connectivity index (χ4v) is 3.88. The molecule has 1 heterocycles. The summed E-state index contributed by atoms with van der Waals surface area (Å²) in [6.07, 6.45) is 12.3. The smallest absolute Gasteiger partial charge is 0.0687 e. The molecule has 1 saturated carbocycles. The molecule has 0 radical (unpaired) electrons. The SMILES string of the molecule is CCCNCC(C)(CC)CC1CCC2(CCCC2)O1. The van der Waals surface area contributed by atoms with Crippen LogP contribution in [-0.4, -0.2) is 24.8 Å². The molecule has 0 aromatic carbocycles. The quantitative estimate of drug-likeness (QED) is 0.695. The number of rotatable bonds is 7. The van der Waals surface area contributed by atoms with Gasteiger partial charge in [0.1, 0.15) is 0 Å². The highest BCUT2D eigenvalue weighted by atomic mass is 16.5. The third-order valence-corrected chi connectivity index (χ3v) is 5.41. The molecule has 0 aromatic heterocycles. The molecular weight excluding hydrogens is 234 g/mol. The first kappa shape index (κ1) is 15.3. The molecule has 112 valence electrons. The maximum absolute atomic E-state index is 6.49. The molecule has 1 saturated heterocycles. The van der Waals surface area contributed by atoms with Crippen LogP contribution in [0, 0.1) is 5.41 Å². The van der Waals surface area contributed by atoms with Gasteiger partial charge in [0.25, 0.3) is 0 Å². The van der Waals surface area contributed by atoms with Gasteiger partial charge in [0.2, 0.25) is 0 Å². The predicted molar refractivity (Wildman–Crippen MR) is 81.5 cm³/mol. The molecule has 2 rings (SSSR count). The maximum Gasteiger partial charge on any atom is 0.0687 e. The number of hydrogen-bond donors (Lipinski definition) is 1. The molecule has 0 bridgehead atoms. The van der Waals surface area contributed by atoms with Gasteiger partial charge >= 0.3 is 0 Å². The minimum absolute atomic E-state index is 0.302. The van der Waals surface area contributed by atoms with Crippen LogP contribution in [0.1, 0.15) is 78.6 Å². The van der Waals surface area contributed by atoms with Crippen LogP contribution in [0.4, 0.5) is 0 Å². The van der Waals surface area contributed by atoms with Gasteiger partial charge in [-0.2, -0.15) is 0 Å². The lowest BCUT2D eigenvalue weighted by molar-refractivity contribution is -0.0522. The molecule has 0 aromatic rings. The average Bonchev–Trinajstić information content (AvgIpc) is 3.01. The van der Waals surface area contributed by atoms with E-state index in [2.05, 4.69) is 26.1 Å². The molecule has 1 aliphatic heterocycles. The fraction of sp³-hybridized carbons (Fsp3) is 1.00. The summed E-state index contributed by atoms with van der Waals surface area (Å²) in [5.41, 5.74) is 0.708. The van der Waals surface area contributed by atoms with Crippen LogP contribution in [0.2, 0.25) is 0 Å². The van der Waals surface area contributed by atoms with Gasteiger partial charge in [-0.05, 0) is 56.9 Å². The van der Waals surface area contributed by atoms with Crippen molar-refractivity contribution in [2.24, 2.45) is 5.41 Å². The van der Waals surface area contributed by atoms with Crippen LogP contribution in [0.3, 0.4) is 0 Å². The highest BCUT2D eigenvalue weighted by molar-refractivity contribution is 4.94. The van der Waals surface area contributed by atoms with E-state index in [0.717, 1.165) is 13.1 Å². The van der Waals surface area contributed by atoms with Crippen LogP contribution < -0.4 is 5.32 Å².